The Labute approximate surface area is 85.4 Å². The number of hydrogen-bond acceptors (Lipinski definition) is 3. The van der Waals surface area contributed by atoms with Gasteiger partial charge in [-0.15, -0.1) is 6.42 Å². The molecule has 1 saturated carbocycles. The summed E-state index contributed by atoms with van der Waals surface area (Å²) < 4.78 is 22.6. The van der Waals surface area contributed by atoms with E-state index in [1.807, 2.05) is 0 Å². The Bertz CT molecular complexity index is 351. The van der Waals surface area contributed by atoms with Crippen LogP contribution in [0.2, 0.25) is 0 Å². The van der Waals surface area contributed by atoms with Gasteiger partial charge in [0.25, 0.3) is 0 Å². The monoisotopic (exact) mass is 213 g/mol. The molecule has 1 heterocycles. The highest BCUT2D eigenvalue weighted by Crippen LogP contribution is 2.31. The Morgan fingerprint density at radius 3 is 2.43 bits per heavy atom. The Hall–Kier alpha value is -0.530. The van der Waals surface area contributed by atoms with Crippen molar-refractivity contribution in [1.29, 1.82) is 0 Å². The molecule has 1 atom stereocenters. The van der Waals surface area contributed by atoms with Crippen LogP contribution < -0.4 is 0 Å². The van der Waals surface area contributed by atoms with E-state index in [0.29, 0.717) is 24.1 Å². The zero-order chi connectivity index (χ0) is 10.2. The molecule has 2 fully saturated rings. The molecule has 2 rings (SSSR count). The van der Waals surface area contributed by atoms with Gasteiger partial charge in [0.2, 0.25) is 0 Å². The van der Waals surface area contributed by atoms with Crippen molar-refractivity contribution in [1.82, 2.24) is 4.90 Å². The topological polar surface area (TPSA) is 37.4 Å². The zero-order valence-electron chi connectivity index (χ0n) is 8.15. The lowest BCUT2D eigenvalue weighted by molar-refractivity contribution is 0.229. The lowest BCUT2D eigenvalue weighted by atomic mass is 10.2. The second-order valence-electron chi connectivity index (χ2n) is 4.16. The summed E-state index contributed by atoms with van der Waals surface area (Å²) >= 11 is 0. The van der Waals surface area contributed by atoms with E-state index in [0.717, 1.165) is 6.42 Å². The highest BCUT2D eigenvalue weighted by molar-refractivity contribution is 7.91. The van der Waals surface area contributed by atoms with Crippen LogP contribution in [-0.2, 0) is 9.84 Å². The molecule has 0 aromatic heterocycles. The van der Waals surface area contributed by atoms with E-state index in [1.54, 1.807) is 0 Å². The molecule has 3 nitrogen and oxygen atoms in total. The Balaban J connectivity index is 2.02. The van der Waals surface area contributed by atoms with Crippen molar-refractivity contribution >= 4 is 9.84 Å². The first-order valence-corrected chi connectivity index (χ1v) is 6.84. The highest BCUT2D eigenvalue weighted by Gasteiger charge is 2.38. The van der Waals surface area contributed by atoms with E-state index in [1.165, 1.54) is 12.8 Å². The molecule has 1 aliphatic carbocycles. The first-order valence-electron chi connectivity index (χ1n) is 5.02. The van der Waals surface area contributed by atoms with Crippen molar-refractivity contribution in [2.75, 3.05) is 18.1 Å². The standard InChI is InChI=1S/C10H15NO2S/c1-2-6-11(9-3-4-9)10-5-7-14(12,13)8-10/h1,9-10H,3-8H2/t10-/m1/s1. The maximum absolute atomic E-state index is 11.3. The van der Waals surface area contributed by atoms with Gasteiger partial charge < -0.3 is 0 Å². The van der Waals surface area contributed by atoms with Crippen molar-refractivity contribution in [2.45, 2.75) is 31.3 Å². The predicted octanol–water partition coefficient (Wildman–Crippen LogP) is 0.271. The fourth-order valence-electron chi connectivity index (χ4n) is 2.10. The van der Waals surface area contributed by atoms with Crippen molar-refractivity contribution in [3.63, 3.8) is 0 Å². The van der Waals surface area contributed by atoms with Gasteiger partial charge in [0, 0.05) is 12.1 Å². The molecule has 0 spiro atoms. The van der Waals surface area contributed by atoms with Gasteiger partial charge in [-0.05, 0) is 19.3 Å². The lowest BCUT2D eigenvalue weighted by Gasteiger charge is -2.25. The molecule has 0 N–H and O–H groups in total. The molecule has 0 aromatic rings. The van der Waals surface area contributed by atoms with Crippen molar-refractivity contribution in [3.05, 3.63) is 0 Å². The maximum Gasteiger partial charge on any atom is 0.151 e. The fourth-order valence-corrected chi connectivity index (χ4v) is 3.85. The Morgan fingerprint density at radius 2 is 2.00 bits per heavy atom. The van der Waals surface area contributed by atoms with E-state index >= 15 is 0 Å². The average Bonchev–Trinajstić information content (AvgIpc) is 2.87. The van der Waals surface area contributed by atoms with Gasteiger partial charge in [-0.25, -0.2) is 8.42 Å². The Morgan fingerprint density at radius 1 is 1.29 bits per heavy atom. The van der Waals surface area contributed by atoms with Gasteiger partial charge in [0.15, 0.2) is 9.84 Å². The molecule has 1 saturated heterocycles. The second kappa shape index (κ2) is 3.56. The van der Waals surface area contributed by atoms with Crippen LogP contribution in [0.25, 0.3) is 0 Å². The van der Waals surface area contributed by atoms with Crippen molar-refractivity contribution < 1.29 is 8.42 Å². The van der Waals surface area contributed by atoms with Crippen LogP contribution in [0.4, 0.5) is 0 Å². The molecule has 0 unspecified atom stereocenters. The molecule has 2 aliphatic rings. The molecular weight excluding hydrogens is 198 g/mol. The predicted molar refractivity (Wildman–Crippen MR) is 55.6 cm³/mol. The highest BCUT2D eigenvalue weighted by atomic mass is 32.2. The number of nitrogens with zero attached hydrogens (tertiary/aromatic N) is 1. The lowest BCUT2D eigenvalue weighted by Crippen LogP contribution is -2.38. The van der Waals surface area contributed by atoms with Crippen LogP contribution in [0.1, 0.15) is 19.3 Å². The summed E-state index contributed by atoms with van der Waals surface area (Å²) in [6.07, 6.45) is 8.41. The van der Waals surface area contributed by atoms with Gasteiger partial charge in [0.05, 0.1) is 18.1 Å². The first kappa shape index (κ1) is 10.0. The molecular formula is C10H15NO2S. The normalized spacial score (nSPS) is 30.4. The van der Waals surface area contributed by atoms with Crippen LogP contribution in [-0.4, -0.2) is 43.5 Å². The minimum absolute atomic E-state index is 0.184. The van der Waals surface area contributed by atoms with E-state index < -0.39 is 9.84 Å². The summed E-state index contributed by atoms with van der Waals surface area (Å²) in [5, 5.41) is 0. The van der Waals surface area contributed by atoms with Gasteiger partial charge in [-0.1, -0.05) is 5.92 Å². The smallest absolute Gasteiger partial charge is 0.151 e. The molecule has 0 radical (unpaired) electrons. The average molecular weight is 213 g/mol. The van der Waals surface area contributed by atoms with Crippen LogP contribution in [0.15, 0.2) is 0 Å². The summed E-state index contributed by atoms with van der Waals surface area (Å²) in [6, 6.07) is 0.743. The van der Waals surface area contributed by atoms with E-state index in [9.17, 15) is 8.42 Å². The SMILES string of the molecule is C#CCN(C1CC1)[C@@H]1CCS(=O)(=O)C1. The fraction of sp³-hybridized carbons (Fsp3) is 0.800. The maximum atomic E-state index is 11.3. The van der Waals surface area contributed by atoms with Gasteiger partial charge in [-0.2, -0.15) is 0 Å². The Kier molecular flexibility index (Phi) is 2.54. The summed E-state index contributed by atoms with van der Waals surface area (Å²) in [4.78, 5) is 2.20. The molecule has 0 amide bonds. The van der Waals surface area contributed by atoms with Crippen molar-refractivity contribution in [2.24, 2.45) is 0 Å². The molecule has 1 aliphatic heterocycles. The zero-order valence-corrected chi connectivity index (χ0v) is 8.96. The summed E-state index contributed by atoms with van der Waals surface area (Å²) in [5.74, 6) is 3.27. The minimum Gasteiger partial charge on any atom is -0.285 e. The van der Waals surface area contributed by atoms with Crippen LogP contribution >= 0.6 is 0 Å². The van der Waals surface area contributed by atoms with E-state index in [2.05, 4.69) is 10.8 Å². The van der Waals surface area contributed by atoms with Crippen LogP contribution in [0.5, 0.6) is 0 Å². The van der Waals surface area contributed by atoms with E-state index in [-0.39, 0.29) is 6.04 Å². The van der Waals surface area contributed by atoms with Crippen LogP contribution in [0, 0.1) is 12.3 Å². The van der Waals surface area contributed by atoms with Crippen molar-refractivity contribution in [3.8, 4) is 12.3 Å². The molecule has 14 heavy (non-hydrogen) atoms. The number of hydrogen-bond donors (Lipinski definition) is 0. The summed E-state index contributed by atoms with van der Waals surface area (Å²) in [5.41, 5.74) is 0. The minimum atomic E-state index is -2.77. The number of terminal acetylenes is 1. The third-order valence-electron chi connectivity index (χ3n) is 2.97. The third kappa shape index (κ3) is 2.10. The summed E-state index contributed by atoms with van der Waals surface area (Å²) in [6.45, 7) is 0.602. The van der Waals surface area contributed by atoms with Gasteiger partial charge >= 0.3 is 0 Å². The van der Waals surface area contributed by atoms with E-state index in [4.69, 9.17) is 6.42 Å². The number of rotatable bonds is 3. The third-order valence-corrected chi connectivity index (χ3v) is 4.72. The number of sulfone groups is 1. The summed E-state index contributed by atoms with van der Waals surface area (Å²) in [7, 11) is -2.77. The quantitative estimate of drug-likeness (QED) is 0.632. The first-order chi connectivity index (χ1) is 6.62. The molecule has 0 aromatic carbocycles. The van der Waals surface area contributed by atoms with Gasteiger partial charge in [0.1, 0.15) is 0 Å². The second-order valence-corrected chi connectivity index (χ2v) is 6.39. The molecule has 4 heteroatoms. The van der Waals surface area contributed by atoms with Gasteiger partial charge in [-0.3, -0.25) is 4.90 Å². The molecule has 0 bridgehead atoms. The molecule has 78 valence electrons. The van der Waals surface area contributed by atoms with Crippen LogP contribution in [0.3, 0.4) is 0 Å². The largest absolute Gasteiger partial charge is 0.285 e.